The molecule has 1 unspecified atom stereocenters. The summed E-state index contributed by atoms with van der Waals surface area (Å²) < 4.78 is 1.02. The molecule has 0 saturated carbocycles. The van der Waals surface area contributed by atoms with Crippen LogP contribution in [0.15, 0.2) is 22.7 Å². The Morgan fingerprint density at radius 3 is 2.63 bits per heavy atom. The molecule has 0 spiro atoms. The lowest BCUT2D eigenvalue weighted by Crippen LogP contribution is -2.32. The molecule has 3 N–H and O–H groups in total. The Balaban J connectivity index is 2.10. The monoisotopic (exact) mass is 326 g/mol. The zero-order valence-corrected chi connectivity index (χ0v) is 12.4. The van der Waals surface area contributed by atoms with Crippen LogP contribution >= 0.6 is 15.9 Å². The van der Waals surface area contributed by atoms with Crippen molar-refractivity contribution < 1.29 is 9.90 Å². The Kier molecular flexibility index (Phi) is 4.82. The fourth-order valence-electron chi connectivity index (χ4n) is 2.41. The molecule has 104 valence electrons. The highest BCUT2D eigenvalue weighted by molar-refractivity contribution is 9.10. The van der Waals surface area contributed by atoms with Gasteiger partial charge in [0.15, 0.2) is 0 Å². The maximum atomic E-state index is 10.8. The fourth-order valence-corrected chi connectivity index (χ4v) is 3.09. The highest BCUT2D eigenvalue weighted by Gasteiger charge is 2.16. The van der Waals surface area contributed by atoms with Crippen molar-refractivity contribution in [2.75, 3.05) is 18.0 Å². The SMILES string of the molecule is NC(Cc1ccc(N2CCCCC2)c(Br)c1)C(=O)O. The van der Waals surface area contributed by atoms with Gasteiger partial charge in [-0.3, -0.25) is 4.79 Å². The summed E-state index contributed by atoms with van der Waals surface area (Å²) in [5.41, 5.74) is 7.69. The first-order valence-corrected chi connectivity index (χ1v) is 7.39. The van der Waals surface area contributed by atoms with Gasteiger partial charge in [-0.15, -0.1) is 0 Å². The number of aliphatic carboxylic acids is 1. The maximum absolute atomic E-state index is 10.8. The van der Waals surface area contributed by atoms with E-state index < -0.39 is 12.0 Å². The molecule has 0 bridgehead atoms. The quantitative estimate of drug-likeness (QED) is 0.891. The third-order valence-corrected chi connectivity index (χ3v) is 4.12. The van der Waals surface area contributed by atoms with Crippen molar-refractivity contribution in [3.63, 3.8) is 0 Å². The number of carboxylic acids is 1. The average Bonchev–Trinajstić information content (AvgIpc) is 2.39. The van der Waals surface area contributed by atoms with Crippen molar-refractivity contribution >= 4 is 27.6 Å². The van der Waals surface area contributed by atoms with Gasteiger partial charge in [-0.1, -0.05) is 6.07 Å². The molecule has 1 fully saturated rings. The molecular formula is C14H19BrN2O2. The number of piperidine rings is 1. The Morgan fingerprint density at radius 2 is 2.05 bits per heavy atom. The highest BCUT2D eigenvalue weighted by Crippen LogP contribution is 2.29. The Morgan fingerprint density at radius 1 is 1.37 bits per heavy atom. The summed E-state index contributed by atoms with van der Waals surface area (Å²) in [7, 11) is 0. The van der Waals surface area contributed by atoms with E-state index in [-0.39, 0.29) is 0 Å². The van der Waals surface area contributed by atoms with Gasteiger partial charge in [-0.05, 0) is 59.3 Å². The van der Waals surface area contributed by atoms with Gasteiger partial charge >= 0.3 is 5.97 Å². The molecule has 0 amide bonds. The van der Waals surface area contributed by atoms with Crippen molar-refractivity contribution in [3.05, 3.63) is 28.2 Å². The van der Waals surface area contributed by atoms with Gasteiger partial charge in [0, 0.05) is 17.6 Å². The van der Waals surface area contributed by atoms with E-state index >= 15 is 0 Å². The van der Waals surface area contributed by atoms with Gasteiger partial charge in [-0.2, -0.15) is 0 Å². The molecule has 1 saturated heterocycles. The van der Waals surface area contributed by atoms with Crippen LogP contribution in [0.2, 0.25) is 0 Å². The van der Waals surface area contributed by atoms with E-state index in [1.165, 1.54) is 24.9 Å². The van der Waals surface area contributed by atoms with Gasteiger partial charge in [-0.25, -0.2) is 0 Å². The minimum atomic E-state index is -0.962. The maximum Gasteiger partial charge on any atom is 0.320 e. The molecule has 1 aromatic rings. The number of hydrogen-bond acceptors (Lipinski definition) is 3. The summed E-state index contributed by atoms with van der Waals surface area (Å²) in [5, 5.41) is 8.83. The lowest BCUT2D eigenvalue weighted by Gasteiger charge is -2.30. The first kappa shape index (κ1) is 14.3. The van der Waals surface area contributed by atoms with Crippen molar-refractivity contribution in [2.45, 2.75) is 31.7 Å². The molecule has 0 radical (unpaired) electrons. The zero-order chi connectivity index (χ0) is 13.8. The van der Waals surface area contributed by atoms with Crippen LogP contribution in [0.3, 0.4) is 0 Å². The number of carboxylic acid groups (broad SMARTS) is 1. The van der Waals surface area contributed by atoms with Crippen LogP contribution in [0.25, 0.3) is 0 Å². The van der Waals surface area contributed by atoms with E-state index in [1.807, 2.05) is 12.1 Å². The van der Waals surface area contributed by atoms with Crippen LogP contribution in [0.5, 0.6) is 0 Å². The van der Waals surface area contributed by atoms with Crippen LogP contribution in [-0.2, 0) is 11.2 Å². The first-order chi connectivity index (χ1) is 9.08. The number of nitrogens with two attached hydrogens (primary N) is 1. The minimum Gasteiger partial charge on any atom is -0.480 e. The number of carbonyl (C=O) groups is 1. The topological polar surface area (TPSA) is 66.6 Å². The number of hydrogen-bond donors (Lipinski definition) is 2. The molecule has 0 aromatic heterocycles. The van der Waals surface area contributed by atoms with E-state index in [0.29, 0.717) is 6.42 Å². The molecule has 1 aliphatic heterocycles. The molecule has 4 nitrogen and oxygen atoms in total. The second-order valence-corrected chi connectivity index (χ2v) is 5.84. The molecule has 0 aliphatic carbocycles. The van der Waals surface area contributed by atoms with Crippen molar-refractivity contribution in [1.29, 1.82) is 0 Å². The summed E-state index contributed by atoms with van der Waals surface area (Å²) in [5.74, 6) is -0.962. The Hall–Kier alpha value is -1.07. The van der Waals surface area contributed by atoms with E-state index in [9.17, 15) is 4.79 Å². The minimum absolute atomic E-state index is 0.355. The third kappa shape index (κ3) is 3.70. The molecule has 1 aliphatic rings. The molecule has 1 atom stereocenters. The lowest BCUT2D eigenvalue weighted by molar-refractivity contribution is -0.138. The van der Waals surface area contributed by atoms with Gasteiger partial charge in [0.2, 0.25) is 0 Å². The zero-order valence-electron chi connectivity index (χ0n) is 10.8. The molecule has 1 heterocycles. The second-order valence-electron chi connectivity index (χ2n) is 4.98. The number of rotatable bonds is 4. The van der Waals surface area contributed by atoms with Crippen LogP contribution in [-0.4, -0.2) is 30.2 Å². The first-order valence-electron chi connectivity index (χ1n) is 6.59. The molecule has 2 rings (SSSR count). The summed E-state index contributed by atoms with van der Waals surface area (Å²) in [6.45, 7) is 2.18. The van der Waals surface area contributed by atoms with E-state index in [4.69, 9.17) is 10.8 Å². The van der Waals surface area contributed by atoms with Crippen molar-refractivity contribution in [1.82, 2.24) is 0 Å². The Labute approximate surface area is 121 Å². The second kappa shape index (κ2) is 6.39. The molecular weight excluding hydrogens is 308 g/mol. The third-order valence-electron chi connectivity index (χ3n) is 3.48. The van der Waals surface area contributed by atoms with Crippen molar-refractivity contribution in [3.8, 4) is 0 Å². The molecule has 1 aromatic carbocycles. The van der Waals surface area contributed by atoms with Crippen LogP contribution in [0.4, 0.5) is 5.69 Å². The van der Waals surface area contributed by atoms with Gasteiger partial charge < -0.3 is 15.7 Å². The van der Waals surface area contributed by atoms with E-state index in [2.05, 4.69) is 26.9 Å². The average molecular weight is 327 g/mol. The van der Waals surface area contributed by atoms with Gasteiger partial charge in [0.05, 0.1) is 5.69 Å². The van der Waals surface area contributed by atoms with Gasteiger partial charge in [0.25, 0.3) is 0 Å². The summed E-state index contributed by atoms with van der Waals surface area (Å²) >= 11 is 3.58. The van der Waals surface area contributed by atoms with E-state index in [1.54, 1.807) is 0 Å². The Bertz CT molecular complexity index is 459. The summed E-state index contributed by atoms with van der Waals surface area (Å²) in [6.07, 6.45) is 4.13. The van der Waals surface area contributed by atoms with Crippen LogP contribution in [0.1, 0.15) is 24.8 Å². The molecule has 5 heteroatoms. The lowest BCUT2D eigenvalue weighted by atomic mass is 10.0. The number of nitrogens with zero attached hydrogens (tertiary/aromatic N) is 1. The largest absolute Gasteiger partial charge is 0.480 e. The summed E-state index contributed by atoms with van der Waals surface area (Å²) in [4.78, 5) is 13.1. The number of benzene rings is 1. The summed E-state index contributed by atoms with van der Waals surface area (Å²) in [6, 6.07) is 5.16. The van der Waals surface area contributed by atoms with Crippen molar-refractivity contribution in [2.24, 2.45) is 5.73 Å². The molecule has 19 heavy (non-hydrogen) atoms. The standard InChI is InChI=1S/C14H19BrN2O2/c15-11-8-10(9-12(16)14(18)19)4-5-13(11)17-6-2-1-3-7-17/h4-5,8,12H,1-3,6-7,9,16H2,(H,18,19). The van der Waals surface area contributed by atoms with Crippen LogP contribution < -0.4 is 10.6 Å². The fraction of sp³-hybridized carbons (Fsp3) is 0.500. The predicted molar refractivity (Wildman–Crippen MR) is 79.5 cm³/mol. The smallest absolute Gasteiger partial charge is 0.320 e. The van der Waals surface area contributed by atoms with Crippen LogP contribution in [0, 0.1) is 0 Å². The van der Waals surface area contributed by atoms with E-state index in [0.717, 1.165) is 23.1 Å². The highest BCUT2D eigenvalue weighted by atomic mass is 79.9. The number of anilines is 1. The predicted octanol–water partition coefficient (Wildman–Crippen LogP) is 2.39. The number of halogens is 1. The normalized spacial score (nSPS) is 17.3. The van der Waals surface area contributed by atoms with Gasteiger partial charge in [0.1, 0.15) is 6.04 Å².